The van der Waals surface area contributed by atoms with Crippen molar-refractivity contribution in [2.45, 2.75) is 30.2 Å². The lowest BCUT2D eigenvalue weighted by Gasteiger charge is -2.32. The molecule has 0 saturated carbocycles. The van der Waals surface area contributed by atoms with Crippen LogP contribution in [0.25, 0.3) is 0 Å². The topological polar surface area (TPSA) is 138 Å². The zero-order valence-corrected chi connectivity index (χ0v) is 20.8. The number of carbonyl (C=O) groups excluding carboxylic acids is 3. The molecule has 3 aliphatic heterocycles. The summed E-state index contributed by atoms with van der Waals surface area (Å²) in [5.41, 5.74) is -0.592. The molecule has 0 aromatic heterocycles. The van der Waals surface area contributed by atoms with Crippen molar-refractivity contribution in [3.8, 4) is 0 Å². The Hall–Kier alpha value is -3.32. The van der Waals surface area contributed by atoms with Crippen LogP contribution in [0.3, 0.4) is 0 Å². The molecule has 10 nitrogen and oxygen atoms in total. The minimum Gasteiger partial charge on any atom is -0.319 e. The molecule has 190 valence electrons. The van der Waals surface area contributed by atoms with Gasteiger partial charge in [0.15, 0.2) is 15.6 Å². The number of sulfonamides is 1. The fourth-order valence-electron chi connectivity index (χ4n) is 4.99. The molecule has 0 bridgehead atoms. The number of carbonyl (C=O) groups is 3. The molecule has 3 heterocycles. The van der Waals surface area contributed by atoms with E-state index in [9.17, 15) is 35.6 Å². The molecule has 0 aliphatic carbocycles. The molecular formula is C23H22FN3O7S2. The molecule has 0 unspecified atom stereocenters. The van der Waals surface area contributed by atoms with Gasteiger partial charge in [-0.2, -0.15) is 0 Å². The van der Waals surface area contributed by atoms with Crippen molar-refractivity contribution < 1.29 is 35.6 Å². The highest BCUT2D eigenvalue weighted by Gasteiger charge is 2.56. The molecule has 1 atom stereocenters. The number of fused-ring (bicyclic) bond motifs is 3. The van der Waals surface area contributed by atoms with Gasteiger partial charge in [-0.05, 0) is 61.7 Å². The maximum Gasteiger partial charge on any atom is 0.325 e. The Labute approximate surface area is 207 Å². The second-order valence-electron chi connectivity index (χ2n) is 8.93. The maximum atomic E-state index is 14.0. The van der Waals surface area contributed by atoms with Crippen LogP contribution < -0.4 is 9.62 Å². The number of hydrogen-bond acceptors (Lipinski definition) is 7. The van der Waals surface area contributed by atoms with E-state index in [0.717, 1.165) is 18.2 Å². The van der Waals surface area contributed by atoms with Gasteiger partial charge in [0.1, 0.15) is 11.4 Å². The summed E-state index contributed by atoms with van der Waals surface area (Å²) in [6.45, 7) is 1.20. The fourth-order valence-corrected chi connectivity index (χ4v) is 7.78. The summed E-state index contributed by atoms with van der Waals surface area (Å²) in [5.74, 6) is -2.64. The first-order valence-electron chi connectivity index (χ1n) is 11.2. The number of urea groups is 1. The van der Waals surface area contributed by atoms with Crippen molar-refractivity contribution in [2.24, 2.45) is 0 Å². The number of halogens is 1. The van der Waals surface area contributed by atoms with Crippen molar-refractivity contribution in [1.29, 1.82) is 0 Å². The van der Waals surface area contributed by atoms with Crippen LogP contribution in [-0.2, 0) is 36.6 Å². The minimum absolute atomic E-state index is 0.0601. The summed E-state index contributed by atoms with van der Waals surface area (Å²) in [6.07, 6.45) is 0.125. The van der Waals surface area contributed by atoms with E-state index < -0.39 is 61.2 Å². The fraction of sp³-hybridized carbons (Fsp3) is 0.348. The highest BCUT2D eigenvalue weighted by molar-refractivity contribution is 7.92. The number of amides is 3. The van der Waals surface area contributed by atoms with Gasteiger partial charge in [0.2, 0.25) is 10.0 Å². The van der Waals surface area contributed by atoms with Crippen LogP contribution in [0.5, 0.6) is 0 Å². The number of hydrogen-bond donors (Lipinski definition) is 1. The minimum atomic E-state index is -3.77. The van der Waals surface area contributed by atoms with Gasteiger partial charge >= 0.3 is 6.03 Å². The lowest BCUT2D eigenvalue weighted by atomic mass is 9.86. The summed E-state index contributed by atoms with van der Waals surface area (Å²) < 4.78 is 64.9. The van der Waals surface area contributed by atoms with E-state index in [-0.39, 0.29) is 34.7 Å². The highest BCUT2D eigenvalue weighted by atomic mass is 32.2. The summed E-state index contributed by atoms with van der Waals surface area (Å²) in [6, 6.07) is 6.60. The van der Waals surface area contributed by atoms with Gasteiger partial charge in [-0.1, -0.05) is 0 Å². The van der Waals surface area contributed by atoms with Gasteiger partial charge in [-0.25, -0.2) is 26.0 Å². The van der Waals surface area contributed by atoms with Crippen LogP contribution in [0.2, 0.25) is 0 Å². The average Bonchev–Trinajstić information content (AvgIpc) is 3.37. The molecule has 1 fully saturated rings. The van der Waals surface area contributed by atoms with Crippen LogP contribution in [-0.4, -0.2) is 64.1 Å². The molecule has 5 rings (SSSR count). The Kier molecular flexibility index (Phi) is 5.48. The van der Waals surface area contributed by atoms with E-state index in [1.807, 2.05) is 0 Å². The number of nitrogens with zero attached hydrogens (tertiary/aromatic N) is 2. The Morgan fingerprint density at radius 3 is 2.64 bits per heavy atom. The number of ketones is 1. The van der Waals surface area contributed by atoms with E-state index in [1.54, 1.807) is 13.0 Å². The van der Waals surface area contributed by atoms with Gasteiger partial charge in [-0.15, -0.1) is 0 Å². The Balaban J connectivity index is 1.43. The Bertz CT molecular complexity index is 1560. The summed E-state index contributed by atoms with van der Waals surface area (Å²) in [4.78, 5) is 39.7. The molecular weight excluding hydrogens is 513 g/mol. The van der Waals surface area contributed by atoms with E-state index in [0.29, 0.717) is 22.6 Å². The van der Waals surface area contributed by atoms with Crippen LogP contribution in [0.15, 0.2) is 41.3 Å². The molecule has 13 heteroatoms. The number of anilines is 1. The Morgan fingerprint density at radius 2 is 1.92 bits per heavy atom. The normalized spacial score (nSPS) is 22.5. The number of Topliss-reactive ketones (excluding diaryl/α,β-unsaturated/α-hetero) is 1. The predicted molar refractivity (Wildman–Crippen MR) is 126 cm³/mol. The van der Waals surface area contributed by atoms with Gasteiger partial charge < -0.3 is 5.32 Å². The largest absolute Gasteiger partial charge is 0.325 e. The number of benzene rings is 2. The van der Waals surface area contributed by atoms with Crippen LogP contribution >= 0.6 is 0 Å². The van der Waals surface area contributed by atoms with Crippen LogP contribution in [0.4, 0.5) is 14.9 Å². The maximum absolute atomic E-state index is 14.0. The first kappa shape index (κ1) is 24.4. The lowest BCUT2D eigenvalue weighted by Crippen LogP contribution is -2.49. The third-order valence-electron chi connectivity index (χ3n) is 6.91. The number of nitrogens with one attached hydrogen (secondary N) is 1. The molecule has 36 heavy (non-hydrogen) atoms. The van der Waals surface area contributed by atoms with Crippen molar-refractivity contribution >= 4 is 43.3 Å². The van der Waals surface area contributed by atoms with E-state index >= 15 is 0 Å². The van der Waals surface area contributed by atoms with Crippen LogP contribution in [0.1, 0.15) is 34.8 Å². The SMILES string of the molecule is CCS(=O)(=O)N1CCc2cc(C(=O)CN3C(=O)N[C@]4(CCS(=O)(=O)c5ccc(F)cc54)C3=O)ccc21. The lowest BCUT2D eigenvalue weighted by molar-refractivity contribution is -0.131. The molecule has 1 saturated heterocycles. The quantitative estimate of drug-likeness (QED) is 0.346. The smallest absolute Gasteiger partial charge is 0.319 e. The second-order valence-corrected chi connectivity index (χ2v) is 13.2. The summed E-state index contributed by atoms with van der Waals surface area (Å²) in [7, 11) is -7.23. The molecule has 2 aromatic rings. The molecule has 3 amide bonds. The average molecular weight is 536 g/mol. The second kappa shape index (κ2) is 8.10. The molecule has 1 N–H and O–H groups in total. The number of sulfone groups is 1. The Morgan fingerprint density at radius 1 is 1.17 bits per heavy atom. The van der Waals surface area contributed by atoms with Gasteiger partial charge in [0.25, 0.3) is 5.91 Å². The summed E-state index contributed by atoms with van der Waals surface area (Å²) >= 11 is 0. The van der Waals surface area contributed by atoms with Gasteiger partial charge in [-0.3, -0.25) is 18.8 Å². The highest BCUT2D eigenvalue weighted by Crippen LogP contribution is 2.41. The third kappa shape index (κ3) is 3.60. The van der Waals surface area contributed by atoms with Crippen molar-refractivity contribution in [3.05, 3.63) is 58.9 Å². The molecule has 1 spiro atoms. The van der Waals surface area contributed by atoms with Crippen molar-refractivity contribution in [2.75, 3.05) is 28.9 Å². The van der Waals surface area contributed by atoms with Crippen molar-refractivity contribution in [3.63, 3.8) is 0 Å². The van der Waals surface area contributed by atoms with Gasteiger partial charge in [0, 0.05) is 17.7 Å². The first-order chi connectivity index (χ1) is 16.9. The monoisotopic (exact) mass is 535 g/mol. The zero-order chi connectivity index (χ0) is 26.0. The summed E-state index contributed by atoms with van der Waals surface area (Å²) in [5, 5.41) is 2.50. The molecule has 3 aliphatic rings. The van der Waals surface area contributed by atoms with Crippen LogP contribution in [0, 0.1) is 5.82 Å². The van der Waals surface area contributed by atoms with E-state index in [4.69, 9.17) is 0 Å². The van der Waals surface area contributed by atoms with Gasteiger partial charge in [0.05, 0.1) is 28.6 Å². The number of rotatable bonds is 5. The van der Waals surface area contributed by atoms with E-state index in [1.165, 1.54) is 16.4 Å². The predicted octanol–water partition coefficient (Wildman–Crippen LogP) is 1.35. The third-order valence-corrected chi connectivity index (χ3v) is 10.5. The molecule has 0 radical (unpaired) electrons. The number of imide groups is 1. The standard InChI is InChI=1S/C23H22FN3O7S2/c1-2-36(33,34)27-9-7-14-11-15(3-5-18(14)27)19(28)13-26-21(29)23(25-22(26)30)8-10-35(31,32)20-6-4-16(24)12-17(20)23/h3-6,11-12H,2,7-10,13H2,1H3,(H,25,30)/t23-/m0/s1. The first-order valence-corrected chi connectivity index (χ1v) is 14.5. The molecule has 2 aromatic carbocycles. The van der Waals surface area contributed by atoms with Crippen molar-refractivity contribution in [1.82, 2.24) is 10.2 Å². The zero-order valence-electron chi connectivity index (χ0n) is 19.2. The van der Waals surface area contributed by atoms with E-state index in [2.05, 4.69) is 5.32 Å².